The Morgan fingerprint density at radius 2 is 1.15 bits per heavy atom. The summed E-state index contributed by atoms with van der Waals surface area (Å²) >= 11 is 1.86. The third kappa shape index (κ3) is 3.63. The summed E-state index contributed by atoms with van der Waals surface area (Å²) in [5.41, 5.74) is 7.70. The van der Waals surface area contributed by atoms with Crippen molar-refractivity contribution in [1.82, 2.24) is 0 Å². The molecule has 0 aliphatic rings. The predicted molar refractivity (Wildman–Crippen MR) is 167 cm³/mol. The van der Waals surface area contributed by atoms with Crippen molar-refractivity contribution in [1.29, 1.82) is 0 Å². The average Bonchev–Trinajstić information content (AvgIpc) is 3.56. The first-order valence-corrected chi connectivity index (χ1v) is 13.9. The molecule has 2 heterocycles. The van der Waals surface area contributed by atoms with E-state index in [4.69, 9.17) is 4.42 Å². The molecule has 0 bridgehead atoms. The van der Waals surface area contributed by atoms with Crippen LogP contribution < -0.4 is 4.90 Å². The van der Waals surface area contributed by atoms with Crippen LogP contribution in [0, 0.1) is 0 Å². The van der Waals surface area contributed by atoms with Gasteiger partial charge in [-0.3, -0.25) is 0 Å². The highest BCUT2D eigenvalue weighted by atomic mass is 32.1. The van der Waals surface area contributed by atoms with Gasteiger partial charge < -0.3 is 9.32 Å². The van der Waals surface area contributed by atoms with E-state index in [1.165, 1.54) is 31.3 Å². The molecule has 2 aromatic heterocycles. The van der Waals surface area contributed by atoms with Gasteiger partial charge in [0.05, 0.1) is 0 Å². The molecule has 3 heteroatoms. The summed E-state index contributed by atoms with van der Waals surface area (Å²) in [5.74, 6) is 0. The monoisotopic (exact) mass is 517 g/mol. The predicted octanol–water partition coefficient (Wildman–Crippen LogP) is 11.1. The Labute approximate surface area is 230 Å². The van der Waals surface area contributed by atoms with Gasteiger partial charge in [-0.25, -0.2) is 0 Å². The highest BCUT2D eigenvalue weighted by molar-refractivity contribution is 7.26. The molecule has 0 N–H and O–H groups in total. The molecule has 0 fully saturated rings. The maximum absolute atomic E-state index is 6.21. The zero-order valence-corrected chi connectivity index (χ0v) is 21.9. The molecule has 39 heavy (non-hydrogen) atoms. The maximum Gasteiger partial charge on any atom is 0.136 e. The molecule has 2 nitrogen and oxygen atoms in total. The topological polar surface area (TPSA) is 16.4 Å². The van der Waals surface area contributed by atoms with Gasteiger partial charge in [0.25, 0.3) is 0 Å². The van der Waals surface area contributed by atoms with E-state index in [0.29, 0.717) is 0 Å². The van der Waals surface area contributed by atoms with Crippen LogP contribution in [0.4, 0.5) is 17.1 Å². The summed E-state index contributed by atoms with van der Waals surface area (Å²) in [6.45, 7) is 0. The van der Waals surface area contributed by atoms with Crippen LogP contribution in [-0.4, -0.2) is 0 Å². The lowest BCUT2D eigenvalue weighted by Gasteiger charge is -2.25. The van der Waals surface area contributed by atoms with Crippen LogP contribution in [0.3, 0.4) is 0 Å². The van der Waals surface area contributed by atoms with E-state index in [-0.39, 0.29) is 0 Å². The van der Waals surface area contributed by atoms with Gasteiger partial charge in [0.1, 0.15) is 11.2 Å². The van der Waals surface area contributed by atoms with Crippen LogP contribution in [-0.2, 0) is 0 Å². The van der Waals surface area contributed by atoms with E-state index < -0.39 is 0 Å². The molecule has 0 saturated heterocycles. The van der Waals surface area contributed by atoms with E-state index >= 15 is 0 Å². The van der Waals surface area contributed by atoms with Crippen LogP contribution in [0.2, 0.25) is 0 Å². The summed E-state index contributed by atoms with van der Waals surface area (Å²) in [5, 5.41) is 4.87. The number of benzene rings is 6. The fourth-order valence-corrected chi connectivity index (χ4v) is 6.87. The van der Waals surface area contributed by atoms with Gasteiger partial charge in [-0.2, -0.15) is 0 Å². The first-order valence-electron chi connectivity index (χ1n) is 13.1. The molecule has 0 radical (unpaired) electrons. The summed E-state index contributed by atoms with van der Waals surface area (Å²) < 4.78 is 8.79. The number of hydrogen-bond acceptors (Lipinski definition) is 3. The van der Waals surface area contributed by atoms with Gasteiger partial charge in [0.2, 0.25) is 0 Å². The number of para-hydroxylation sites is 3. The first-order chi connectivity index (χ1) is 19.3. The van der Waals surface area contributed by atoms with Gasteiger partial charge in [-0.05, 0) is 71.8 Å². The highest BCUT2D eigenvalue weighted by Crippen LogP contribution is 2.44. The zero-order valence-electron chi connectivity index (χ0n) is 21.0. The second-order valence-corrected chi connectivity index (χ2v) is 10.8. The van der Waals surface area contributed by atoms with Crippen molar-refractivity contribution in [3.63, 3.8) is 0 Å². The Balaban J connectivity index is 1.30. The van der Waals surface area contributed by atoms with Crippen molar-refractivity contribution < 1.29 is 4.42 Å². The minimum atomic E-state index is 0.926. The van der Waals surface area contributed by atoms with E-state index in [2.05, 4.69) is 132 Å². The maximum atomic E-state index is 6.21. The van der Waals surface area contributed by atoms with Gasteiger partial charge >= 0.3 is 0 Å². The summed E-state index contributed by atoms with van der Waals surface area (Å²) in [6.07, 6.45) is 0. The summed E-state index contributed by atoms with van der Waals surface area (Å²) in [4.78, 5) is 2.32. The normalized spacial score (nSPS) is 11.6. The highest BCUT2D eigenvalue weighted by Gasteiger charge is 2.16. The molecule has 0 saturated carbocycles. The van der Waals surface area contributed by atoms with E-state index in [0.717, 1.165) is 39.0 Å². The number of furan rings is 1. The summed E-state index contributed by atoms with van der Waals surface area (Å²) in [7, 11) is 0. The first kappa shape index (κ1) is 22.2. The molecule has 0 aliphatic carbocycles. The van der Waals surface area contributed by atoms with Crippen LogP contribution in [0.5, 0.6) is 0 Å². The van der Waals surface area contributed by atoms with Gasteiger partial charge in [-0.1, -0.05) is 78.9 Å². The van der Waals surface area contributed by atoms with Crippen molar-refractivity contribution in [2.75, 3.05) is 4.90 Å². The van der Waals surface area contributed by atoms with Crippen molar-refractivity contribution in [2.24, 2.45) is 0 Å². The Morgan fingerprint density at radius 3 is 1.95 bits per heavy atom. The molecular weight excluding hydrogens is 494 g/mol. The smallest absolute Gasteiger partial charge is 0.136 e. The molecule has 0 spiro atoms. The number of hydrogen-bond donors (Lipinski definition) is 0. The fourth-order valence-electron chi connectivity index (χ4n) is 5.65. The van der Waals surface area contributed by atoms with Crippen LogP contribution in [0.1, 0.15) is 0 Å². The second-order valence-electron chi connectivity index (χ2n) is 9.78. The van der Waals surface area contributed by atoms with Crippen molar-refractivity contribution in [2.45, 2.75) is 0 Å². The lowest BCUT2D eigenvalue weighted by Crippen LogP contribution is -2.09. The number of anilines is 3. The van der Waals surface area contributed by atoms with Crippen molar-refractivity contribution in [3.05, 3.63) is 140 Å². The molecule has 0 unspecified atom stereocenters. The van der Waals surface area contributed by atoms with Gasteiger partial charge in [0.15, 0.2) is 0 Å². The van der Waals surface area contributed by atoms with E-state index in [9.17, 15) is 0 Å². The standard InChI is InChI=1S/C36H23NOS/c1-3-10-25(11-4-1)37(26-12-5-2-6-13-26)27-19-21-35-32(23-27)31-16-9-15-28(36(31)39-35)24-18-20-30-29-14-7-8-17-33(29)38-34(30)22-24/h1-23H. The summed E-state index contributed by atoms with van der Waals surface area (Å²) in [6, 6.07) is 49.5. The Morgan fingerprint density at radius 1 is 0.462 bits per heavy atom. The molecule has 8 aromatic rings. The third-order valence-electron chi connectivity index (χ3n) is 7.46. The fraction of sp³-hybridized carbons (Fsp3) is 0. The Hall–Kier alpha value is -4.86. The number of nitrogens with zero attached hydrogens (tertiary/aromatic N) is 1. The lowest BCUT2D eigenvalue weighted by molar-refractivity contribution is 0.669. The van der Waals surface area contributed by atoms with Gasteiger partial charge in [0, 0.05) is 48.0 Å². The van der Waals surface area contributed by atoms with Crippen molar-refractivity contribution >= 4 is 70.5 Å². The molecule has 8 rings (SSSR count). The quantitative estimate of drug-likeness (QED) is 0.231. The number of rotatable bonds is 4. The van der Waals surface area contributed by atoms with Gasteiger partial charge in [-0.15, -0.1) is 11.3 Å². The van der Waals surface area contributed by atoms with E-state index in [1.54, 1.807) is 0 Å². The van der Waals surface area contributed by atoms with E-state index in [1.807, 2.05) is 23.5 Å². The molecule has 0 aliphatic heterocycles. The molecule has 0 atom stereocenters. The molecular formula is C36H23NOS. The minimum absolute atomic E-state index is 0.926. The largest absolute Gasteiger partial charge is 0.456 e. The second kappa shape index (κ2) is 8.87. The van der Waals surface area contributed by atoms with Crippen LogP contribution >= 0.6 is 11.3 Å². The van der Waals surface area contributed by atoms with Crippen molar-refractivity contribution in [3.8, 4) is 11.1 Å². The minimum Gasteiger partial charge on any atom is -0.456 e. The molecule has 6 aromatic carbocycles. The van der Waals surface area contributed by atoms with Crippen LogP contribution in [0.15, 0.2) is 144 Å². The molecule has 184 valence electrons. The lowest BCUT2D eigenvalue weighted by atomic mass is 10.0. The Kier molecular flexibility index (Phi) is 5.04. The Bertz CT molecular complexity index is 2080. The number of thiophene rings is 1. The average molecular weight is 518 g/mol. The zero-order chi connectivity index (χ0) is 25.8. The number of fused-ring (bicyclic) bond motifs is 6. The molecule has 0 amide bonds. The van der Waals surface area contributed by atoms with Crippen LogP contribution in [0.25, 0.3) is 53.2 Å². The SMILES string of the molecule is c1ccc(N(c2ccccc2)c2ccc3sc4c(-c5ccc6c(c5)oc5ccccc56)cccc4c3c2)cc1. The third-order valence-corrected chi connectivity index (χ3v) is 8.68.